The van der Waals surface area contributed by atoms with Gasteiger partial charge in [0.15, 0.2) is 5.78 Å². The highest BCUT2D eigenvalue weighted by Gasteiger charge is 2.63. The second-order valence-corrected chi connectivity index (χ2v) is 10.4. The van der Waals surface area contributed by atoms with Crippen molar-refractivity contribution in [2.24, 2.45) is 28.6 Å². The molecule has 0 N–H and O–H groups in total. The van der Waals surface area contributed by atoms with Gasteiger partial charge in [-0.05, 0) is 55.4 Å². The Morgan fingerprint density at radius 3 is 2.40 bits per heavy atom. The van der Waals surface area contributed by atoms with Gasteiger partial charge < -0.3 is 9.47 Å². The van der Waals surface area contributed by atoms with E-state index in [0.717, 1.165) is 32.1 Å². The molecule has 0 aliphatic heterocycles. The molecule has 4 aliphatic rings. The van der Waals surface area contributed by atoms with E-state index in [0.29, 0.717) is 37.5 Å². The fourth-order valence-electron chi connectivity index (χ4n) is 7.26. The van der Waals surface area contributed by atoms with E-state index in [1.807, 2.05) is 19.9 Å². The molecule has 0 aromatic heterocycles. The first-order valence-corrected chi connectivity index (χ1v) is 11.9. The van der Waals surface area contributed by atoms with Crippen LogP contribution in [0.2, 0.25) is 0 Å². The van der Waals surface area contributed by atoms with Crippen LogP contribution in [0.5, 0.6) is 0 Å². The molecule has 5 heteroatoms. The van der Waals surface area contributed by atoms with Gasteiger partial charge >= 0.3 is 11.9 Å². The lowest BCUT2D eigenvalue weighted by Gasteiger charge is -2.59. The average molecular weight is 417 g/mol. The molecule has 0 saturated heterocycles. The van der Waals surface area contributed by atoms with Crippen LogP contribution in [-0.2, 0) is 23.9 Å². The second kappa shape index (κ2) is 7.80. The molecular weight excluding hydrogens is 380 g/mol. The van der Waals surface area contributed by atoms with E-state index in [1.165, 1.54) is 5.57 Å². The summed E-state index contributed by atoms with van der Waals surface area (Å²) in [5, 5.41) is 0. The summed E-state index contributed by atoms with van der Waals surface area (Å²) in [5.41, 5.74) is 1.13. The molecule has 0 heterocycles. The summed E-state index contributed by atoms with van der Waals surface area (Å²) in [6.07, 6.45) is 8.51. The van der Waals surface area contributed by atoms with Crippen LogP contribution in [-0.4, -0.2) is 29.9 Å². The summed E-state index contributed by atoms with van der Waals surface area (Å²) in [5.74, 6) is 0.957. The Morgan fingerprint density at radius 2 is 1.70 bits per heavy atom. The first-order valence-electron chi connectivity index (χ1n) is 11.9. The minimum Gasteiger partial charge on any atom is -0.462 e. The van der Waals surface area contributed by atoms with Gasteiger partial charge in [0, 0.05) is 37.0 Å². The molecule has 0 aromatic rings. The number of ketones is 1. The third-order valence-electron chi connectivity index (χ3n) is 9.01. The number of hydrogen-bond donors (Lipinski definition) is 0. The molecule has 0 radical (unpaired) electrons. The highest BCUT2D eigenvalue weighted by Crippen LogP contribution is 2.66. The van der Waals surface area contributed by atoms with Crippen molar-refractivity contribution in [1.29, 1.82) is 0 Å². The van der Waals surface area contributed by atoms with Crippen molar-refractivity contribution in [1.82, 2.24) is 0 Å². The number of carbonyl (C=O) groups is 3. The zero-order chi connectivity index (χ0) is 21.7. The van der Waals surface area contributed by atoms with Gasteiger partial charge in [-0.25, -0.2) is 0 Å². The molecular formula is C25H36O5. The van der Waals surface area contributed by atoms with Crippen molar-refractivity contribution in [3.8, 4) is 0 Å². The lowest BCUT2D eigenvalue weighted by atomic mass is 9.46. The minimum atomic E-state index is -0.182. The van der Waals surface area contributed by atoms with E-state index in [4.69, 9.17) is 9.47 Å². The maximum absolute atomic E-state index is 12.3. The molecule has 5 nitrogen and oxygen atoms in total. The number of fused-ring (bicyclic) bond motifs is 5. The smallest absolute Gasteiger partial charge is 0.305 e. The quantitative estimate of drug-likeness (QED) is 0.617. The molecule has 0 aromatic carbocycles. The third-order valence-corrected chi connectivity index (χ3v) is 9.01. The van der Waals surface area contributed by atoms with Crippen molar-refractivity contribution in [2.45, 2.75) is 97.7 Å². The Balaban J connectivity index is 1.69. The van der Waals surface area contributed by atoms with Gasteiger partial charge in [0.2, 0.25) is 0 Å². The molecule has 0 amide bonds. The summed E-state index contributed by atoms with van der Waals surface area (Å²) in [7, 11) is 0. The van der Waals surface area contributed by atoms with E-state index >= 15 is 0 Å². The Bertz CT molecular complexity index is 770. The van der Waals surface area contributed by atoms with Gasteiger partial charge in [-0.2, -0.15) is 0 Å². The van der Waals surface area contributed by atoms with Crippen molar-refractivity contribution in [2.75, 3.05) is 0 Å². The highest BCUT2D eigenvalue weighted by molar-refractivity contribution is 5.91. The molecule has 7 unspecified atom stereocenters. The van der Waals surface area contributed by atoms with E-state index in [2.05, 4.69) is 13.8 Å². The molecule has 7 atom stereocenters. The van der Waals surface area contributed by atoms with Crippen LogP contribution in [0.15, 0.2) is 11.6 Å². The Morgan fingerprint density at radius 1 is 1.00 bits per heavy atom. The van der Waals surface area contributed by atoms with E-state index in [-0.39, 0.29) is 46.7 Å². The van der Waals surface area contributed by atoms with Crippen LogP contribution in [0.4, 0.5) is 0 Å². The van der Waals surface area contributed by atoms with Crippen LogP contribution < -0.4 is 0 Å². The zero-order valence-electron chi connectivity index (χ0n) is 18.9. The zero-order valence-corrected chi connectivity index (χ0v) is 18.9. The lowest BCUT2D eigenvalue weighted by Crippen LogP contribution is -2.57. The fraction of sp³-hybridized carbons (Fsp3) is 0.800. The van der Waals surface area contributed by atoms with Crippen molar-refractivity contribution >= 4 is 17.7 Å². The fourth-order valence-corrected chi connectivity index (χ4v) is 7.26. The normalized spacial score (nSPS) is 42.5. The second-order valence-electron chi connectivity index (χ2n) is 10.4. The van der Waals surface area contributed by atoms with Gasteiger partial charge in [0.25, 0.3) is 0 Å². The Labute approximate surface area is 179 Å². The van der Waals surface area contributed by atoms with Gasteiger partial charge in [-0.15, -0.1) is 0 Å². The highest BCUT2D eigenvalue weighted by atomic mass is 16.5. The average Bonchev–Trinajstić information content (AvgIpc) is 3.05. The van der Waals surface area contributed by atoms with Gasteiger partial charge in [0.1, 0.15) is 12.2 Å². The summed E-state index contributed by atoms with van der Waals surface area (Å²) >= 11 is 0. The summed E-state index contributed by atoms with van der Waals surface area (Å²) in [6, 6.07) is 0. The molecule has 30 heavy (non-hydrogen) atoms. The first-order chi connectivity index (χ1) is 14.2. The third kappa shape index (κ3) is 3.33. The van der Waals surface area contributed by atoms with Crippen LogP contribution in [0, 0.1) is 28.6 Å². The Hall–Kier alpha value is -1.65. The molecule has 0 bridgehead atoms. The molecule has 3 fully saturated rings. The van der Waals surface area contributed by atoms with E-state index in [1.54, 1.807) is 0 Å². The van der Waals surface area contributed by atoms with E-state index < -0.39 is 0 Å². The largest absolute Gasteiger partial charge is 0.462 e. The van der Waals surface area contributed by atoms with Gasteiger partial charge in [-0.1, -0.05) is 33.3 Å². The number of esters is 2. The standard InChI is InChI=1S/C25H36O5/c1-5-21(27)29-19-14-15-13-16(26)9-11-24(15,3)18-10-12-25(4)17(23(18)19)7-8-20(25)30-22(28)6-2/h13,17-20,23H,5-12,14H2,1-4H3. The number of carbonyl (C=O) groups excluding carboxylic acids is 3. The predicted molar refractivity (Wildman–Crippen MR) is 112 cm³/mol. The topological polar surface area (TPSA) is 69.7 Å². The van der Waals surface area contributed by atoms with Crippen LogP contribution >= 0.6 is 0 Å². The van der Waals surface area contributed by atoms with Gasteiger partial charge in [0.05, 0.1) is 0 Å². The molecule has 166 valence electrons. The molecule has 4 aliphatic carbocycles. The summed E-state index contributed by atoms with van der Waals surface area (Å²) in [6.45, 7) is 8.28. The predicted octanol–water partition coefficient (Wildman–Crippen LogP) is 4.77. The maximum atomic E-state index is 12.3. The van der Waals surface area contributed by atoms with Crippen molar-refractivity contribution in [3.05, 3.63) is 11.6 Å². The maximum Gasteiger partial charge on any atom is 0.305 e. The van der Waals surface area contributed by atoms with Crippen LogP contribution in [0.3, 0.4) is 0 Å². The first kappa shape index (κ1) is 21.6. The number of hydrogen-bond acceptors (Lipinski definition) is 5. The SMILES string of the molecule is CCC(=O)OC1CC2=CC(=O)CCC2(C)C2CCC3(C)C(OC(=O)CC)CCC3C12. The Kier molecular flexibility index (Phi) is 5.61. The molecule has 4 rings (SSSR count). The van der Waals surface area contributed by atoms with Crippen molar-refractivity contribution in [3.63, 3.8) is 0 Å². The lowest BCUT2D eigenvalue weighted by molar-refractivity contribution is -0.175. The van der Waals surface area contributed by atoms with Crippen molar-refractivity contribution < 1.29 is 23.9 Å². The number of rotatable bonds is 4. The molecule has 3 saturated carbocycles. The monoisotopic (exact) mass is 416 g/mol. The molecule has 0 spiro atoms. The van der Waals surface area contributed by atoms with Gasteiger partial charge in [-0.3, -0.25) is 14.4 Å². The minimum absolute atomic E-state index is 0.00715. The van der Waals surface area contributed by atoms with E-state index in [9.17, 15) is 14.4 Å². The van der Waals surface area contributed by atoms with Crippen LogP contribution in [0.25, 0.3) is 0 Å². The summed E-state index contributed by atoms with van der Waals surface area (Å²) < 4.78 is 11.9. The van der Waals surface area contributed by atoms with Crippen LogP contribution in [0.1, 0.15) is 85.5 Å². The number of ether oxygens (including phenoxy) is 2. The summed E-state index contributed by atoms with van der Waals surface area (Å²) in [4.78, 5) is 36.5.